The Kier molecular flexibility index (Phi) is 6.11. The van der Waals surface area contributed by atoms with Crippen molar-refractivity contribution < 1.29 is 4.74 Å². The zero-order valence-electron chi connectivity index (χ0n) is 14.1. The standard InChI is InChI=1S/C18H31NO/c1-13(2)16-9-7-8-10-18(6,20-12-19)11-15(5)17(16)14(3)4/h13-14,16H,7-11H2,1-6H3/b17-15-. The van der Waals surface area contributed by atoms with Crippen LogP contribution in [0.5, 0.6) is 0 Å². The minimum Gasteiger partial charge on any atom is -0.421 e. The molecule has 1 aliphatic carbocycles. The highest BCUT2D eigenvalue weighted by Gasteiger charge is 2.31. The predicted octanol–water partition coefficient (Wildman–Crippen LogP) is 5.45. The third-order valence-electron chi connectivity index (χ3n) is 4.72. The molecule has 0 heterocycles. The van der Waals surface area contributed by atoms with E-state index >= 15 is 0 Å². The second kappa shape index (κ2) is 7.16. The van der Waals surface area contributed by atoms with E-state index in [1.165, 1.54) is 18.4 Å². The zero-order chi connectivity index (χ0) is 15.3. The topological polar surface area (TPSA) is 33.0 Å². The number of ether oxygens (including phenoxy) is 1. The van der Waals surface area contributed by atoms with E-state index in [2.05, 4.69) is 41.5 Å². The molecule has 0 bridgehead atoms. The van der Waals surface area contributed by atoms with Gasteiger partial charge >= 0.3 is 0 Å². The molecule has 0 amide bonds. The fraction of sp³-hybridized carbons (Fsp3) is 0.833. The fourth-order valence-corrected chi connectivity index (χ4v) is 3.90. The van der Waals surface area contributed by atoms with Crippen molar-refractivity contribution in [1.29, 1.82) is 5.26 Å². The summed E-state index contributed by atoms with van der Waals surface area (Å²) in [6.45, 7) is 13.6. The van der Waals surface area contributed by atoms with E-state index in [1.54, 1.807) is 5.57 Å². The Hall–Kier alpha value is -0.970. The van der Waals surface area contributed by atoms with Gasteiger partial charge in [0.05, 0.1) is 0 Å². The van der Waals surface area contributed by atoms with Crippen molar-refractivity contribution in [2.24, 2.45) is 17.8 Å². The zero-order valence-corrected chi connectivity index (χ0v) is 14.1. The molecule has 114 valence electrons. The molecule has 2 atom stereocenters. The molecule has 2 heteroatoms. The first kappa shape index (κ1) is 17.1. The molecular formula is C18H31NO. The van der Waals surface area contributed by atoms with Gasteiger partial charge in [-0.15, -0.1) is 0 Å². The van der Waals surface area contributed by atoms with Crippen molar-refractivity contribution in [2.45, 2.75) is 79.2 Å². The number of nitriles is 1. The molecule has 0 fully saturated rings. The maximum absolute atomic E-state index is 8.93. The smallest absolute Gasteiger partial charge is 0.286 e. The predicted molar refractivity (Wildman–Crippen MR) is 84.1 cm³/mol. The largest absolute Gasteiger partial charge is 0.421 e. The van der Waals surface area contributed by atoms with Crippen LogP contribution in [-0.4, -0.2) is 5.60 Å². The molecule has 0 aromatic heterocycles. The number of rotatable bonds is 3. The molecule has 0 aliphatic heterocycles. The van der Waals surface area contributed by atoms with E-state index in [9.17, 15) is 0 Å². The van der Waals surface area contributed by atoms with E-state index < -0.39 is 0 Å². The second-order valence-electron chi connectivity index (χ2n) is 7.31. The summed E-state index contributed by atoms with van der Waals surface area (Å²) in [5, 5.41) is 8.93. The van der Waals surface area contributed by atoms with E-state index in [0.717, 1.165) is 19.3 Å². The van der Waals surface area contributed by atoms with Gasteiger partial charge in [-0.3, -0.25) is 0 Å². The monoisotopic (exact) mass is 277 g/mol. The first-order valence-electron chi connectivity index (χ1n) is 8.07. The molecule has 2 unspecified atom stereocenters. The summed E-state index contributed by atoms with van der Waals surface area (Å²) in [5.74, 6) is 1.94. The van der Waals surface area contributed by atoms with Crippen LogP contribution in [0.25, 0.3) is 0 Å². The Morgan fingerprint density at radius 2 is 1.90 bits per heavy atom. The lowest BCUT2D eigenvalue weighted by Crippen LogP contribution is -2.27. The van der Waals surface area contributed by atoms with Gasteiger partial charge in [-0.05, 0) is 50.9 Å². The lowest BCUT2D eigenvalue weighted by molar-refractivity contribution is 0.0426. The van der Waals surface area contributed by atoms with Gasteiger partial charge in [0.1, 0.15) is 5.60 Å². The summed E-state index contributed by atoms with van der Waals surface area (Å²) in [7, 11) is 0. The van der Waals surface area contributed by atoms with Gasteiger partial charge in [-0.1, -0.05) is 45.3 Å². The van der Waals surface area contributed by atoms with Gasteiger partial charge < -0.3 is 4.74 Å². The van der Waals surface area contributed by atoms with Crippen LogP contribution in [0.2, 0.25) is 0 Å². The van der Waals surface area contributed by atoms with Gasteiger partial charge in [-0.25, -0.2) is 0 Å². The minimum atomic E-state index is -0.315. The minimum absolute atomic E-state index is 0.315. The van der Waals surface area contributed by atoms with Gasteiger partial charge in [0.2, 0.25) is 0 Å². The Bertz CT molecular complexity index is 389. The Morgan fingerprint density at radius 1 is 1.25 bits per heavy atom. The molecule has 1 aliphatic rings. The van der Waals surface area contributed by atoms with Gasteiger partial charge in [0.25, 0.3) is 6.26 Å². The molecule has 0 saturated carbocycles. The van der Waals surface area contributed by atoms with Gasteiger partial charge in [0.15, 0.2) is 0 Å². The lowest BCUT2D eigenvalue weighted by atomic mass is 9.76. The highest BCUT2D eigenvalue weighted by atomic mass is 16.5. The summed E-state index contributed by atoms with van der Waals surface area (Å²) >= 11 is 0. The van der Waals surface area contributed by atoms with Crippen molar-refractivity contribution in [3.05, 3.63) is 11.1 Å². The second-order valence-corrected chi connectivity index (χ2v) is 7.31. The lowest BCUT2D eigenvalue weighted by Gasteiger charge is -2.31. The van der Waals surface area contributed by atoms with Crippen LogP contribution in [0.4, 0.5) is 0 Å². The van der Waals surface area contributed by atoms with Crippen molar-refractivity contribution >= 4 is 0 Å². The molecule has 2 nitrogen and oxygen atoms in total. The first-order valence-corrected chi connectivity index (χ1v) is 8.07. The highest BCUT2D eigenvalue weighted by molar-refractivity contribution is 5.20. The number of hydrogen-bond acceptors (Lipinski definition) is 2. The molecule has 20 heavy (non-hydrogen) atoms. The van der Waals surface area contributed by atoms with Gasteiger partial charge in [-0.2, -0.15) is 5.26 Å². The van der Waals surface area contributed by atoms with Crippen LogP contribution < -0.4 is 0 Å². The average molecular weight is 277 g/mol. The summed E-state index contributed by atoms with van der Waals surface area (Å²) < 4.78 is 5.43. The van der Waals surface area contributed by atoms with Crippen LogP contribution in [0.1, 0.15) is 73.6 Å². The van der Waals surface area contributed by atoms with Crippen molar-refractivity contribution in [2.75, 3.05) is 0 Å². The van der Waals surface area contributed by atoms with E-state index in [0.29, 0.717) is 17.8 Å². The molecular weight excluding hydrogens is 246 g/mol. The van der Waals surface area contributed by atoms with Crippen LogP contribution >= 0.6 is 0 Å². The van der Waals surface area contributed by atoms with Crippen LogP contribution in [0.15, 0.2) is 11.1 Å². The molecule has 0 radical (unpaired) electrons. The number of allylic oxidation sites excluding steroid dienone is 1. The Labute approximate surface area is 125 Å². The fourth-order valence-electron chi connectivity index (χ4n) is 3.90. The molecule has 0 aromatic carbocycles. The maximum Gasteiger partial charge on any atom is 0.286 e. The summed E-state index contributed by atoms with van der Waals surface area (Å²) in [6.07, 6.45) is 7.44. The van der Waals surface area contributed by atoms with Crippen LogP contribution in [-0.2, 0) is 4.74 Å². The van der Waals surface area contributed by atoms with Gasteiger partial charge in [0, 0.05) is 6.42 Å². The third kappa shape index (κ3) is 4.27. The molecule has 0 saturated heterocycles. The average Bonchev–Trinajstić information content (AvgIpc) is 2.37. The first-order chi connectivity index (χ1) is 9.30. The van der Waals surface area contributed by atoms with E-state index in [1.807, 2.05) is 6.26 Å². The molecule has 0 aromatic rings. The maximum atomic E-state index is 8.93. The van der Waals surface area contributed by atoms with Crippen LogP contribution in [0, 0.1) is 29.3 Å². The summed E-state index contributed by atoms with van der Waals surface area (Å²) in [5.41, 5.74) is 2.73. The summed E-state index contributed by atoms with van der Waals surface area (Å²) in [4.78, 5) is 0. The van der Waals surface area contributed by atoms with E-state index in [4.69, 9.17) is 10.00 Å². The number of hydrogen-bond donors (Lipinski definition) is 0. The molecule has 1 rings (SSSR count). The van der Waals surface area contributed by atoms with Crippen LogP contribution in [0.3, 0.4) is 0 Å². The summed E-state index contributed by atoms with van der Waals surface area (Å²) in [6, 6.07) is 0. The van der Waals surface area contributed by atoms with Crippen molar-refractivity contribution in [3.63, 3.8) is 0 Å². The molecule has 0 N–H and O–H groups in total. The van der Waals surface area contributed by atoms with Crippen molar-refractivity contribution in [1.82, 2.24) is 0 Å². The third-order valence-corrected chi connectivity index (χ3v) is 4.72. The SMILES string of the molecule is C/C1=C(\C(C)C)C(C(C)C)CCCCC(C)(OC#N)C1. The Balaban J connectivity index is 3.17. The van der Waals surface area contributed by atoms with E-state index in [-0.39, 0.29) is 5.60 Å². The molecule has 0 spiro atoms. The normalized spacial score (nSPS) is 32.5. The number of nitrogens with zero attached hydrogens (tertiary/aromatic N) is 1. The quantitative estimate of drug-likeness (QED) is 0.507. The Morgan fingerprint density at radius 3 is 2.40 bits per heavy atom. The van der Waals surface area contributed by atoms with Crippen molar-refractivity contribution in [3.8, 4) is 6.26 Å². The highest BCUT2D eigenvalue weighted by Crippen LogP contribution is 2.39.